The molecule has 0 bridgehead atoms. The molecule has 0 aliphatic carbocycles. The normalized spacial score (nSPS) is 9.62. The van der Waals surface area contributed by atoms with Crippen molar-refractivity contribution in [1.29, 1.82) is 0 Å². The SMILES string of the molecule is COc1oncc1C(=O)CC(=O)O. The fraction of sp³-hybridized carbons (Fsp3) is 0.286. The van der Waals surface area contributed by atoms with Crippen molar-refractivity contribution in [2.45, 2.75) is 6.42 Å². The molecule has 1 N–H and O–H groups in total. The topological polar surface area (TPSA) is 89.6 Å². The molecule has 0 fully saturated rings. The van der Waals surface area contributed by atoms with Gasteiger partial charge in [-0.15, -0.1) is 0 Å². The number of methoxy groups -OCH3 is 1. The number of carboxylic acids is 1. The molecule has 6 nitrogen and oxygen atoms in total. The molecule has 1 rings (SSSR count). The van der Waals surface area contributed by atoms with Crippen LogP contribution in [0.15, 0.2) is 10.7 Å². The van der Waals surface area contributed by atoms with E-state index in [9.17, 15) is 9.59 Å². The highest BCUT2D eigenvalue weighted by Crippen LogP contribution is 2.18. The van der Waals surface area contributed by atoms with Crippen LogP contribution in [0.5, 0.6) is 5.95 Å². The molecule has 0 saturated carbocycles. The van der Waals surface area contributed by atoms with Crippen molar-refractivity contribution in [2.75, 3.05) is 7.11 Å². The number of carbonyl (C=O) groups excluding carboxylic acids is 1. The van der Waals surface area contributed by atoms with Gasteiger partial charge in [0, 0.05) is 0 Å². The number of carboxylic acid groups (broad SMARTS) is 1. The van der Waals surface area contributed by atoms with E-state index in [1.807, 2.05) is 0 Å². The molecule has 1 heterocycles. The number of Topliss-reactive ketones (excluding diaryl/α,β-unsaturated/α-hetero) is 1. The van der Waals surface area contributed by atoms with Crippen molar-refractivity contribution in [3.63, 3.8) is 0 Å². The van der Waals surface area contributed by atoms with Crippen LogP contribution in [0.4, 0.5) is 0 Å². The summed E-state index contributed by atoms with van der Waals surface area (Å²) in [5, 5.41) is 11.6. The predicted octanol–water partition coefficient (Wildman–Crippen LogP) is 0.341. The second-order valence-electron chi connectivity index (χ2n) is 2.22. The van der Waals surface area contributed by atoms with Gasteiger partial charge in [-0.25, -0.2) is 0 Å². The van der Waals surface area contributed by atoms with E-state index >= 15 is 0 Å². The Bertz CT molecular complexity index is 329. The van der Waals surface area contributed by atoms with Gasteiger partial charge in [0.2, 0.25) is 0 Å². The highest BCUT2D eigenvalue weighted by atomic mass is 16.6. The van der Waals surface area contributed by atoms with Gasteiger partial charge in [0.1, 0.15) is 12.0 Å². The first-order valence-corrected chi connectivity index (χ1v) is 3.38. The maximum absolute atomic E-state index is 11.1. The molecule has 6 heteroatoms. The highest BCUT2D eigenvalue weighted by Gasteiger charge is 2.18. The average Bonchev–Trinajstić information content (AvgIpc) is 2.49. The lowest BCUT2D eigenvalue weighted by molar-refractivity contribution is -0.135. The number of hydrogen-bond donors (Lipinski definition) is 1. The average molecular weight is 185 g/mol. The van der Waals surface area contributed by atoms with Gasteiger partial charge in [0.15, 0.2) is 5.78 Å². The van der Waals surface area contributed by atoms with E-state index in [0.717, 1.165) is 6.20 Å². The Morgan fingerprint density at radius 1 is 1.69 bits per heavy atom. The summed E-state index contributed by atoms with van der Waals surface area (Å²) in [6, 6.07) is 0. The Hall–Kier alpha value is -1.85. The summed E-state index contributed by atoms with van der Waals surface area (Å²) in [5.41, 5.74) is 0.0462. The molecule has 0 aliphatic heterocycles. The maximum atomic E-state index is 11.1. The summed E-state index contributed by atoms with van der Waals surface area (Å²) in [4.78, 5) is 21.3. The van der Waals surface area contributed by atoms with E-state index < -0.39 is 18.2 Å². The Morgan fingerprint density at radius 3 is 2.92 bits per heavy atom. The zero-order valence-corrected chi connectivity index (χ0v) is 6.81. The molecule has 0 amide bonds. The van der Waals surface area contributed by atoms with Crippen molar-refractivity contribution in [2.24, 2.45) is 0 Å². The van der Waals surface area contributed by atoms with Gasteiger partial charge in [-0.2, -0.15) is 0 Å². The zero-order chi connectivity index (χ0) is 9.84. The minimum absolute atomic E-state index is 0.0462. The van der Waals surface area contributed by atoms with Crippen LogP contribution in [0.3, 0.4) is 0 Å². The lowest BCUT2D eigenvalue weighted by Crippen LogP contribution is -2.07. The third-order valence-corrected chi connectivity index (χ3v) is 1.33. The fourth-order valence-corrected chi connectivity index (χ4v) is 0.794. The van der Waals surface area contributed by atoms with Crippen LogP contribution < -0.4 is 4.74 Å². The first kappa shape index (κ1) is 9.24. The number of ketones is 1. The quantitative estimate of drug-likeness (QED) is 0.537. The van der Waals surface area contributed by atoms with Crippen LogP contribution in [-0.4, -0.2) is 29.1 Å². The van der Waals surface area contributed by atoms with E-state index in [2.05, 4.69) is 14.4 Å². The summed E-state index contributed by atoms with van der Waals surface area (Å²) < 4.78 is 9.18. The van der Waals surface area contributed by atoms with Gasteiger partial charge in [-0.05, 0) is 0 Å². The molecule has 0 spiro atoms. The van der Waals surface area contributed by atoms with Gasteiger partial charge in [-0.3, -0.25) is 9.59 Å². The largest absolute Gasteiger partial charge is 0.481 e. The van der Waals surface area contributed by atoms with E-state index in [-0.39, 0.29) is 11.5 Å². The van der Waals surface area contributed by atoms with Crippen molar-refractivity contribution in [3.05, 3.63) is 11.8 Å². The monoisotopic (exact) mass is 185 g/mol. The molecule has 1 aromatic heterocycles. The minimum Gasteiger partial charge on any atom is -0.481 e. The van der Waals surface area contributed by atoms with Crippen LogP contribution in [-0.2, 0) is 4.79 Å². The van der Waals surface area contributed by atoms with Crippen LogP contribution in [0.1, 0.15) is 16.8 Å². The summed E-state index contributed by atoms with van der Waals surface area (Å²) in [6.45, 7) is 0. The number of rotatable bonds is 4. The molecular weight excluding hydrogens is 178 g/mol. The number of nitrogens with zero attached hydrogens (tertiary/aromatic N) is 1. The second kappa shape index (κ2) is 3.70. The van der Waals surface area contributed by atoms with Crippen molar-refractivity contribution < 1.29 is 24.0 Å². The van der Waals surface area contributed by atoms with Gasteiger partial charge in [0.05, 0.1) is 13.3 Å². The third kappa shape index (κ3) is 2.05. The van der Waals surface area contributed by atoms with E-state index in [1.165, 1.54) is 7.11 Å². The molecule has 13 heavy (non-hydrogen) atoms. The summed E-state index contributed by atoms with van der Waals surface area (Å²) >= 11 is 0. The molecule has 1 aromatic rings. The minimum atomic E-state index is -1.20. The Kier molecular flexibility index (Phi) is 2.63. The predicted molar refractivity (Wildman–Crippen MR) is 39.6 cm³/mol. The van der Waals surface area contributed by atoms with Crippen molar-refractivity contribution in [1.82, 2.24) is 5.16 Å². The third-order valence-electron chi connectivity index (χ3n) is 1.33. The van der Waals surface area contributed by atoms with Crippen LogP contribution in [0, 0.1) is 0 Å². The summed E-state index contributed by atoms with van der Waals surface area (Å²) in [6.07, 6.45) is 0.529. The second-order valence-corrected chi connectivity index (χ2v) is 2.22. The molecule has 0 aliphatic rings. The molecule has 0 radical (unpaired) electrons. The van der Waals surface area contributed by atoms with Gasteiger partial charge in [0.25, 0.3) is 0 Å². The summed E-state index contributed by atoms with van der Waals surface area (Å²) in [7, 11) is 1.30. The lowest BCUT2D eigenvalue weighted by atomic mass is 10.2. The first-order valence-electron chi connectivity index (χ1n) is 3.38. The highest BCUT2D eigenvalue weighted by molar-refractivity contribution is 6.06. The zero-order valence-electron chi connectivity index (χ0n) is 6.81. The van der Waals surface area contributed by atoms with E-state index in [0.29, 0.717) is 0 Å². The number of aliphatic carboxylic acids is 1. The fourth-order valence-electron chi connectivity index (χ4n) is 0.794. The Balaban J connectivity index is 2.82. The first-order chi connectivity index (χ1) is 6.15. The van der Waals surface area contributed by atoms with Gasteiger partial charge >= 0.3 is 11.9 Å². The number of aromatic nitrogens is 1. The molecule has 0 atom stereocenters. The Morgan fingerprint density at radius 2 is 2.38 bits per heavy atom. The molecule has 0 saturated heterocycles. The number of hydrogen-bond acceptors (Lipinski definition) is 5. The molecular formula is C7H7NO5. The summed E-state index contributed by atoms with van der Waals surface area (Å²) in [5.74, 6) is -1.86. The van der Waals surface area contributed by atoms with E-state index in [4.69, 9.17) is 5.11 Å². The van der Waals surface area contributed by atoms with Crippen LogP contribution in [0.25, 0.3) is 0 Å². The van der Waals surface area contributed by atoms with Crippen LogP contribution in [0.2, 0.25) is 0 Å². The smallest absolute Gasteiger partial charge is 0.321 e. The van der Waals surface area contributed by atoms with Crippen molar-refractivity contribution >= 4 is 11.8 Å². The van der Waals surface area contributed by atoms with E-state index in [1.54, 1.807) is 0 Å². The molecule has 0 unspecified atom stereocenters. The standard InChI is InChI=1S/C7H7NO5/c1-12-7-4(3-8-13-7)5(9)2-6(10)11/h3H,2H2,1H3,(H,10,11). The van der Waals surface area contributed by atoms with Crippen molar-refractivity contribution in [3.8, 4) is 5.95 Å². The van der Waals surface area contributed by atoms with Gasteiger partial charge < -0.3 is 14.4 Å². The lowest BCUT2D eigenvalue weighted by Gasteiger charge is -1.95. The van der Waals surface area contributed by atoms with Crippen LogP contribution >= 0.6 is 0 Å². The molecule has 0 aromatic carbocycles. The maximum Gasteiger partial charge on any atom is 0.321 e. The number of carbonyl (C=O) groups is 2. The Labute approximate surface area is 73.1 Å². The number of ether oxygens (including phenoxy) is 1. The van der Waals surface area contributed by atoms with Gasteiger partial charge in [-0.1, -0.05) is 5.16 Å². The molecule has 70 valence electrons.